The standard InChI is InChI=1S/C20H16ClN3O6S2/c21-12-5-7-13(8-6-12)32(28,29)24-16-4-2-1-3-14(16)20(27)30-11-17(25)23-19-15(18(22)26)9-10-31-19/h1-10,24H,11H2,(H2,22,26)(H,23,25). The van der Waals surface area contributed by atoms with Crippen LogP contribution in [0.5, 0.6) is 0 Å². The third-order valence-electron chi connectivity index (χ3n) is 4.03. The molecule has 9 nitrogen and oxygen atoms in total. The van der Waals surface area contributed by atoms with Gasteiger partial charge in [0.2, 0.25) is 0 Å². The van der Waals surface area contributed by atoms with E-state index in [9.17, 15) is 22.8 Å². The van der Waals surface area contributed by atoms with E-state index >= 15 is 0 Å². The van der Waals surface area contributed by atoms with E-state index in [2.05, 4.69) is 10.0 Å². The summed E-state index contributed by atoms with van der Waals surface area (Å²) in [5, 5.41) is 4.61. The minimum atomic E-state index is -4.00. The van der Waals surface area contributed by atoms with Gasteiger partial charge >= 0.3 is 5.97 Å². The Morgan fingerprint density at radius 1 is 1.00 bits per heavy atom. The zero-order chi connectivity index (χ0) is 23.3. The number of carbonyl (C=O) groups excluding carboxylic acids is 3. The highest BCUT2D eigenvalue weighted by molar-refractivity contribution is 7.92. The van der Waals surface area contributed by atoms with Gasteiger partial charge in [-0.15, -0.1) is 11.3 Å². The molecule has 0 saturated heterocycles. The van der Waals surface area contributed by atoms with Gasteiger partial charge in [0, 0.05) is 5.02 Å². The number of primary amides is 1. The van der Waals surface area contributed by atoms with Crippen molar-refractivity contribution >= 4 is 61.4 Å². The number of ether oxygens (including phenoxy) is 1. The molecule has 0 fully saturated rings. The van der Waals surface area contributed by atoms with Crippen LogP contribution in [0.3, 0.4) is 0 Å². The van der Waals surface area contributed by atoms with Gasteiger partial charge in [-0.1, -0.05) is 23.7 Å². The first kappa shape index (κ1) is 23.3. The molecule has 1 aromatic heterocycles. The molecule has 0 spiro atoms. The van der Waals surface area contributed by atoms with Gasteiger partial charge in [0.25, 0.3) is 21.8 Å². The molecule has 0 atom stereocenters. The largest absolute Gasteiger partial charge is 0.452 e. The predicted molar refractivity (Wildman–Crippen MR) is 120 cm³/mol. The Morgan fingerprint density at radius 2 is 1.69 bits per heavy atom. The van der Waals surface area contributed by atoms with Crippen LogP contribution in [0.1, 0.15) is 20.7 Å². The van der Waals surface area contributed by atoms with Crippen molar-refractivity contribution in [3.63, 3.8) is 0 Å². The minimum Gasteiger partial charge on any atom is -0.452 e. The lowest BCUT2D eigenvalue weighted by molar-refractivity contribution is -0.119. The highest BCUT2D eigenvalue weighted by Crippen LogP contribution is 2.24. The van der Waals surface area contributed by atoms with E-state index in [1.54, 1.807) is 5.38 Å². The van der Waals surface area contributed by atoms with Crippen molar-refractivity contribution in [2.75, 3.05) is 16.6 Å². The molecular weight excluding hydrogens is 478 g/mol. The van der Waals surface area contributed by atoms with Crippen molar-refractivity contribution < 1.29 is 27.5 Å². The summed E-state index contributed by atoms with van der Waals surface area (Å²) in [6.07, 6.45) is 0. The topological polar surface area (TPSA) is 145 Å². The Morgan fingerprint density at radius 3 is 2.38 bits per heavy atom. The molecule has 3 rings (SSSR count). The summed E-state index contributed by atoms with van der Waals surface area (Å²) >= 11 is 6.87. The molecule has 32 heavy (non-hydrogen) atoms. The van der Waals surface area contributed by atoms with E-state index < -0.39 is 34.4 Å². The molecule has 4 N–H and O–H groups in total. The van der Waals surface area contributed by atoms with Crippen LogP contribution < -0.4 is 15.8 Å². The van der Waals surface area contributed by atoms with Crippen LogP contribution in [0.4, 0.5) is 10.7 Å². The normalized spacial score (nSPS) is 10.9. The maximum atomic E-state index is 12.6. The third-order valence-corrected chi connectivity index (χ3v) is 6.50. The monoisotopic (exact) mass is 493 g/mol. The van der Waals surface area contributed by atoms with Crippen LogP contribution in [0, 0.1) is 0 Å². The van der Waals surface area contributed by atoms with Gasteiger partial charge in [0.05, 0.1) is 21.7 Å². The fourth-order valence-electron chi connectivity index (χ4n) is 2.54. The van der Waals surface area contributed by atoms with Gasteiger partial charge in [0.1, 0.15) is 5.00 Å². The lowest BCUT2D eigenvalue weighted by Crippen LogP contribution is -2.23. The average molecular weight is 494 g/mol. The fraction of sp³-hybridized carbons (Fsp3) is 0.0500. The van der Waals surface area contributed by atoms with E-state index in [0.717, 1.165) is 11.3 Å². The van der Waals surface area contributed by atoms with E-state index in [1.165, 1.54) is 54.6 Å². The molecule has 0 saturated carbocycles. The molecule has 12 heteroatoms. The van der Waals surface area contributed by atoms with E-state index in [0.29, 0.717) is 5.02 Å². The maximum Gasteiger partial charge on any atom is 0.340 e. The zero-order valence-electron chi connectivity index (χ0n) is 16.2. The lowest BCUT2D eigenvalue weighted by atomic mass is 10.2. The highest BCUT2D eigenvalue weighted by Gasteiger charge is 2.20. The molecule has 0 aliphatic rings. The Bertz CT molecular complexity index is 1270. The van der Waals surface area contributed by atoms with Gasteiger partial charge < -0.3 is 15.8 Å². The molecule has 3 aromatic rings. The van der Waals surface area contributed by atoms with Crippen LogP contribution in [-0.4, -0.2) is 32.8 Å². The Kier molecular flexibility index (Phi) is 7.13. The highest BCUT2D eigenvalue weighted by atomic mass is 35.5. The third kappa shape index (κ3) is 5.63. The quantitative estimate of drug-likeness (QED) is 0.411. The van der Waals surface area contributed by atoms with Crippen molar-refractivity contribution in [2.24, 2.45) is 5.73 Å². The molecule has 0 unspecified atom stereocenters. The lowest BCUT2D eigenvalue weighted by Gasteiger charge is -2.12. The average Bonchev–Trinajstić information content (AvgIpc) is 3.21. The summed E-state index contributed by atoms with van der Waals surface area (Å²) in [6, 6.07) is 12.7. The van der Waals surface area contributed by atoms with Crippen LogP contribution in [0.15, 0.2) is 64.9 Å². The fourth-order valence-corrected chi connectivity index (χ4v) is 4.55. The van der Waals surface area contributed by atoms with Crippen LogP contribution in [-0.2, 0) is 19.6 Å². The number of amides is 2. The number of hydrogen-bond donors (Lipinski definition) is 3. The number of rotatable bonds is 8. The molecule has 0 aliphatic carbocycles. The predicted octanol–water partition coefficient (Wildman–Crippen LogP) is 3.10. The molecule has 2 aromatic carbocycles. The summed E-state index contributed by atoms with van der Waals surface area (Å²) < 4.78 is 32.5. The van der Waals surface area contributed by atoms with Crippen LogP contribution >= 0.6 is 22.9 Å². The minimum absolute atomic E-state index is 0.0258. The molecule has 0 bridgehead atoms. The number of nitrogens with two attached hydrogens (primary N) is 1. The first-order chi connectivity index (χ1) is 15.2. The van der Waals surface area contributed by atoms with Gasteiger partial charge in [0.15, 0.2) is 6.61 Å². The molecule has 1 heterocycles. The van der Waals surface area contributed by atoms with Gasteiger partial charge in [-0.05, 0) is 47.8 Å². The smallest absolute Gasteiger partial charge is 0.340 e. The first-order valence-corrected chi connectivity index (χ1v) is 11.6. The van der Waals surface area contributed by atoms with Crippen molar-refractivity contribution in [2.45, 2.75) is 4.90 Å². The summed E-state index contributed by atoms with van der Waals surface area (Å²) in [6.45, 7) is -0.660. The molecule has 2 amide bonds. The summed E-state index contributed by atoms with van der Waals surface area (Å²) in [5.41, 5.74) is 5.24. The Balaban J connectivity index is 1.69. The number of anilines is 2. The van der Waals surface area contributed by atoms with Crippen molar-refractivity contribution in [3.05, 3.63) is 76.1 Å². The molecule has 0 aliphatic heterocycles. The SMILES string of the molecule is NC(=O)c1ccsc1NC(=O)COC(=O)c1ccccc1NS(=O)(=O)c1ccc(Cl)cc1. The van der Waals surface area contributed by atoms with Crippen molar-refractivity contribution in [1.82, 2.24) is 0 Å². The van der Waals surface area contributed by atoms with E-state index in [-0.39, 0.29) is 26.7 Å². The number of para-hydroxylation sites is 1. The van der Waals surface area contributed by atoms with Gasteiger partial charge in [-0.25, -0.2) is 13.2 Å². The van der Waals surface area contributed by atoms with Crippen molar-refractivity contribution in [1.29, 1.82) is 0 Å². The Labute approximate surface area is 192 Å². The molecular formula is C20H16ClN3O6S2. The van der Waals surface area contributed by atoms with Crippen LogP contribution in [0.25, 0.3) is 0 Å². The second-order valence-electron chi connectivity index (χ2n) is 6.26. The number of esters is 1. The van der Waals surface area contributed by atoms with Crippen molar-refractivity contribution in [3.8, 4) is 0 Å². The van der Waals surface area contributed by atoms with Gasteiger partial charge in [-0.3, -0.25) is 14.3 Å². The number of nitrogens with one attached hydrogen (secondary N) is 2. The maximum absolute atomic E-state index is 12.6. The Hall–Kier alpha value is -3.41. The summed E-state index contributed by atoms with van der Waals surface area (Å²) in [7, 11) is -4.00. The molecule has 0 radical (unpaired) electrons. The van der Waals surface area contributed by atoms with E-state index in [4.69, 9.17) is 22.1 Å². The zero-order valence-corrected chi connectivity index (χ0v) is 18.6. The van der Waals surface area contributed by atoms with Gasteiger partial charge in [-0.2, -0.15) is 0 Å². The number of thiophene rings is 1. The second kappa shape index (κ2) is 9.81. The summed E-state index contributed by atoms with van der Waals surface area (Å²) in [5.74, 6) is -2.32. The second-order valence-corrected chi connectivity index (χ2v) is 9.29. The number of hydrogen-bond acceptors (Lipinski definition) is 7. The number of benzene rings is 2. The number of halogens is 1. The summed E-state index contributed by atoms with van der Waals surface area (Å²) in [4.78, 5) is 35.8. The van der Waals surface area contributed by atoms with Crippen LogP contribution in [0.2, 0.25) is 5.02 Å². The number of carbonyl (C=O) groups is 3. The number of sulfonamides is 1. The first-order valence-electron chi connectivity index (χ1n) is 8.89. The molecule has 166 valence electrons. The van der Waals surface area contributed by atoms with E-state index in [1.807, 2.05) is 0 Å².